The topological polar surface area (TPSA) is 12.0 Å². The third-order valence-electron chi connectivity index (χ3n) is 1.56. The van der Waals surface area contributed by atoms with Crippen molar-refractivity contribution in [1.82, 2.24) is 5.32 Å². The van der Waals surface area contributed by atoms with Gasteiger partial charge in [-0.1, -0.05) is 0 Å². The predicted molar refractivity (Wildman–Crippen MR) is 53.1 cm³/mol. The van der Waals surface area contributed by atoms with Crippen molar-refractivity contribution in [3.8, 4) is 0 Å². The molecule has 2 rings (SSSR count). The molecule has 1 aromatic rings. The van der Waals surface area contributed by atoms with Gasteiger partial charge in [0.25, 0.3) is 0 Å². The molecule has 0 amide bonds. The molecule has 0 spiro atoms. The van der Waals surface area contributed by atoms with E-state index < -0.39 is 0 Å². The van der Waals surface area contributed by atoms with Gasteiger partial charge in [0.2, 0.25) is 0 Å². The molecule has 2 heteroatoms. The van der Waals surface area contributed by atoms with Crippen molar-refractivity contribution >= 4 is 23.1 Å². The van der Waals surface area contributed by atoms with Crippen LogP contribution in [0.3, 0.4) is 0 Å². The minimum absolute atomic E-state index is 0. The van der Waals surface area contributed by atoms with E-state index in [0.29, 0.717) is 0 Å². The average molecular weight is 173 g/mol. The summed E-state index contributed by atoms with van der Waals surface area (Å²) in [6.45, 7) is 2.50. The molecule has 0 saturated carbocycles. The summed E-state index contributed by atoms with van der Waals surface area (Å²) >= 11 is 0. The van der Waals surface area contributed by atoms with Gasteiger partial charge in [0.1, 0.15) is 0 Å². The zero-order valence-corrected chi connectivity index (χ0v) is 8.84. The van der Waals surface area contributed by atoms with Crippen molar-refractivity contribution in [3.63, 3.8) is 0 Å². The van der Waals surface area contributed by atoms with Gasteiger partial charge >= 0.3 is 23.1 Å². The molecule has 1 nitrogen and oxygen atoms in total. The molecule has 0 radical (unpaired) electrons. The Morgan fingerprint density at radius 1 is 0.917 bits per heavy atom. The Hall–Kier alpha value is -0.0538. The van der Waals surface area contributed by atoms with Gasteiger partial charge in [0.05, 0.1) is 0 Å². The summed E-state index contributed by atoms with van der Waals surface area (Å²) in [5, 5.41) is 3.22. The molecule has 1 aliphatic rings. The van der Waals surface area contributed by atoms with Crippen LogP contribution in [0.15, 0.2) is 30.3 Å². The fourth-order valence-corrected chi connectivity index (χ4v) is 0.967. The summed E-state index contributed by atoms with van der Waals surface area (Å²) in [6, 6.07) is 12.5. The van der Waals surface area contributed by atoms with Crippen LogP contribution in [0.2, 0.25) is 0 Å². The maximum atomic E-state index is 3.22. The quantitative estimate of drug-likeness (QED) is 0.462. The summed E-state index contributed by atoms with van der Waals surface area (Å²) < 4.78 is 0. The summed E-state index contributed by atoms with van der Waals surface area (Å²) in [5.74, 6) is 0. The molecule has 0 bridgehead atoms. The van der Waals surface area contributed by atoms with Gasteiger partial charge in [-0.05, 0) is 25.9 Å². The smallest absolute Gasteiger partial charge is 0.317 e. The van der Waals surface area contributed by atoms with Crippen LogP contribution in [-0.2, 0) is 0 Å². The zero-order valence-electron chi connectivity index (χ0n) is 7.42. The fourth-order valence-electron chi connectivity index (χ4n) is 0.967. The number of hydrogen-bond acceptors (Lipinski definition) is 1. The number of hydrogen-bond donors (Lipinski definition) is 1. The largest absolute Gasteiger partial charge is 2.00 e. The Morgan fingerprint density at radius 3 is 1.67 bits per heavy atom. The van der Waals surface area contributed by atoms with Crippen molar-refractivity contribution in [2.75, 3.05) is 13.1 Å². The Morgan fingerprint density at radius 2 is 1.50 bits per heavy atom. The number of nitrogens with one attached hydrogen (secondary N) is 1. The van der Waals surface area contributed by atoms with E-state index >= 15 is 0 Å². The molecule has 1 aromatic carbocycles. The van der Waals surface area contributed by atoms with Gasteiger partial charge in [-0.15, -0.1) is 0 Å². The van der Waals surface area contributed by atoms with Gasteiger partial charge in [0.15, 0.2) is 0 Å². The minimum atomic E-state index is 0. The Balaban J connectivity index is 0.000000189. The first-order valence-corrected chi connectivity index (χ1v) is 4.12. The van der Waals surface area contributed by atoms with E-state index in [4.69, 9.17) is 0 Å². The molecule has 12 heavy (non-hydrogen) atoms. The van der Waals surface area contributed by atoms with E-state index in [2.05, 4.69) is 11.4 Å². The van der Waals surface area contributed by atoms with Crippen LogP contribution in [0.25, 0.3) is 0 Å². The van der Waals surface area contributed by atoms with Gasteiger partial charge in [-0.3, -0.25) is 0 Å². The first-order chi connectivity index (χ1) is 5.50. The summed E-state index contributed by atoms with van der Waals surface area (Å²) in [6.07, 6.45) is 2.78. The number of benzene rings is 1. The first-order valence-electron chi connectivity index (χ1n) is 4.12. The third kappa shape index (κ3) is 6.64. The minimum Gasteiger partial charge on any atom is -0.317 e. The molecule has 1 fully saturated rings. The maximum Gasteiger partial charge on any atom is 2.00 e. The van der Waals surface area contributed by atoms with Crippen LogP contribution in [0.5, 0.6) is 0 Å². The number of rotatable bonds is 0. The molecule has 1 heterocycles. The molecule has 1 saturated heterocycles. The zero-order chi connectivity index (χ0) is 7.78. The van der Waals surface area contributed by atoms with Gasteiger partial charge in [-0.2, -0.15) is 36.4 Å². The van der Waals surface area contributed by atoms with Gasteiger partial charge < -0.3 is 5.32 Å². The van der Waals surface area contributed by atoms with Crippen molar-refractivity contribution in [2.45, 2.75) is 12.8 Å². The molecule has 0 aliphatic carbocycles. The Bertz CT molecular complexity index is 126. The Kier molecular flexibility index (Phi) is 9.00. The van der Waals surface area contributed by atoms with Crippen LogP contribution in [-0.4, -0.2) is 36.1 Å². The summed E-state index contributed by atoms with van der Waals surface area (Å²) in [4.78, 5) is 0. The van der Waals surface area contributed by atoms with Crippen LogP contribution < -0.4 is 5.32 Å². The van der Waals surface area contributed by atoms with Gasteiger partial charge in [-0.25, -0.2) is 0 Å². The fraction of sp³-hybridized carbons (Fsp3) is 0.400. The molecule has 60 valence electrons. The normalized spacial score (nSPS) is 14.0. The predicted octanol–water partition coefficient (Wildman–Crippen LogP) is 1.48. The second kappa shape index (κ2) is 9.04. The van der Waals surface area contributed by atoms with Crippen molar-refractivity contribution < 1.29 is 0 Å². The molecule has 1 aliphatic heterocycles. The van der Waals surface area contributed by atoms with Crippen molar-refractivity contribution in [2.24, 2.45) is 0 Å². The van der Waals surface area contributed by atoms with E-state index in [1.54, 1.807) is 0 Å². The van der Waals surface area contributed by atoms with E-state index in [1.165, 1.54) is 25.9 Å². The van der Waals surface area contributed by atoms with E-state index in [9.17, 15) is 0 Å². The van der Waals surface area contributed by atoms with Crippen LogP contribution in [0.1, 0.15) is 12.8 Å². The standard InChI is InChI=1S/C6H5.C4H9N.Mg/c1-2-4-6-5-3-1;1-2-4-5-3-1;/h1-5H;5H,1-4H2;/q-1;;+2. The molecule has 0 atom stereocenters. The summed E-state index contributed by atoms with van der Waals surface area (Å²) in [7, 11) is 0. The first kappa shape index (κ1) is 11.9. The average Bonchev–Trinajstić information content (AvgIpc) is 2.64. The third-order valence-corrected chi connectivity index (χ3v) is 1.56. The second-order valence-corrected chi connectivity index (χ2v) is 2.53. The molecular weight excluding hydrogens is 158 g/mol. The molecular formula is C10H14MgN+. The van der Waals surface area contributed by atoms with E-state index in [-0.39, 0.29) is 23.1 Å². The van der Waals surface area contributed by atoms with E-state index in [1.807, 2.05) is 30.3 Å². The molecule has 0 unspecified atom stereocenters. The van der Waals surface area contributed by atoms with Crippen molar-refractivity contribution in [3.05, 3.63) is 36.4 Å². The molecule has 0 aromatic heterocycles. The van der Waals surface area contributed by atoms with Crippen LogP contribution in [0, 0.1) is 6.07 Å². The van der Waals surface area contributed by atoms with Crippen LogP contribution >= 0.6 is 0 Å². The van der Waals surface area contributed by atoms with E-state index in [0.717, 1.165) is 0 Å². The van der Waals surface area contributed by atoms with Crippen LogP contribution in [0.4, 0.5) is 0 Å². The monoisotopic (exact) mass is 172 g/mol. The second-order valence-electron chi connectivity index (χ2n) is 2.53. The van der Waals surface area contributed by atoms with Crippen molar-refractivity contribution in [1.29, 1.82) is 0 Å². The SMILES string of the molecule is C1CCNC1.[Mg+2].[c-]1ccccc1. The summed E-state index contributed by atoms with van der Waals surface area (Å²) in [5.41, 5.74) is 0. The molecule has 1 N–H and O–H groups in total. The van der Waals surface area contributed by atoms with Gasteiger partial charge in [0, 0.05) is 0 Å². The maximum absolute atomic E-state index is 3.22. The Labute approximate surface area is 90.7 Å².